The summed E-state index contributed by atoms with van der Waals surface area (Å²) >= 11 is 0. The molecule has 8 heteroatoms. The van der Waals surface area contributed by atoms with Crippen molar-refractivity contribution in [1.82, 2.24) is 0 Å². The van der Waals surface area contributed by atoms with Crippen LogP contribution in [-0.4, -0.2) is 29.7 Å². The molecule has 0 spiro atoms. The maximum Gasteiger partial charge on any atom is 0.338 e. The Morgan fingerprint density at radius 2 is 1.53 bits per heavy atom. The van der Waals surface area contributed by atoms with Gasteiger partial charge in [0, 0.05) is 0 Å². The summed E-state index contributed by atoms with van der Waals surface area (Å²) in [6.07, 6.45) is 4.00. The van der Waals surface area contributed by atoms with E-state index in [1.807, 2.05) is 0 Å². The zero-order valence-electron chi connectivity index (χ0n) is 7.83. The van der Waals surface area contributed by atoms with E-state index >= 15 is 0 Å². The van der Waals surface area contributed by atoms with Crippen LogP contribution < -0.4 is 0 Å². The van der Waals surface area contributed by atoms with Crippen LogP contribution in [0.4, 0.5) is 0 Å². The molecule has 1 heterocycles. The van der Waals surface area contributed by atoms with Crippen molar-refractivity contribution in [3.8, 4) is 0 Å². The number of carbonyl (C=O) groups is 1. The van der Waals surface area contributed by atoms with Gasteiger partial charge in [-0.3, -0.25) is 0 Å². The van der Waals surface area contributed by atoms with Gasteiger partial charge in [-0.15, -0.1) is 0 Å². The Labute approximate surface area is 85.3 Å². The second-order valence-electron chi connectivity index (χ2n) is 2.24. The Morgan fingerprint density at radius 1 is 1.13 bits per heavy atom. The topological polar surface area (TPSA) is 104 Å². The smallest absolute Gasteiger partial charge is 0.338 e. The molecule has 0 aromatic carbocycles. The van der Waals surface area contributed by atoms with E-state index in [9.17, 15) is 4.79 Å². The molecular formula is C7H12O8. The van der Waals surface area contributed by atoms with Crippen molar-refractivity contribution in [1.29, 1.82) is 0 Å². The monoisotopic (exact) mass is 224 g/mol. The molecule has 0 atom stereocenters. The summed E-state index contributed by atoms with van der Waals surface area (Å²) in [5, 5.41) is 22.0. The van der Waals surface area contributed by atoms with Crippen molar-refractivity contribution in [3.05, 3.63) is 12.3 Å². The van der Waals surface area contributed by atoms with Crippen molar-refractivity contribution in [2.24, 2.45) is 0 Å². The fourth-order valence-electron chi connectivity index (χ4n) is 0.520. The average molecular weight is 224 g/mol. The second kappa shape index (κ2) is 11.0. The number of cyclic esters (lactones) is 1. The molecular weight excluding hydrogens is 212 g/mol. The summed E-state index contributed by atoms with van der Waals surface area (Å²) < 4.78 is 4.11. The molecule has 0 aromatic heterocycles. The summed E-state index contributed by atoms with van der Waals surface area (Å²) in [6, 6.07) is 0. The van der Waals surface area contributed by atoms with Gasteiger partial charge in [-0.05, 0) is 12.8 Å². The van der Waals surface area contributed by atoms with Gasteiger partial charge >= 0.3 is 5.97 Å². The van der Waals surface area contributed by atoms with Gasteiger partial charge in [-0.2, -0.15) is 0 Å². The number of rotatable bonds is 7. The predicted octanol–water partition coefficient (Wildman–Crippen LogP) is 0.666. The van der Waals surface area contributed by atoms with Crippen LogP contribution in [0.25, 0.3) is 0 Å². The first-order chi connectivity index (χ1) is 7.31. The molecule has 1 aliphatic rings. The van der Waals surface area contributed by atoms with E-state index in [1.165, 1.54) is 12.3 Å². The molecule has 15 heavy (non-hydrogen) atoms. The highest BCUT2D eigenvalue weighted by atomic mass is 17.5. The summed E-state index contributed by atoms with van der Waals surface area (Å²) in [6.45, 7) is 0.538. The van der Waals surface area contributed by atoms with Gasteiger partial charge in [0.1, 0.15) is 6.26 Å². The van der Waals surface area contributed by atoms with Gasteiger partial charge < -0.3 is 4.74 Å². The summed E-state index contributed by atoms with van der Waals surface area (Å²) in [7, 11) is 0. The maximum absolute atomic E-state index is 9.59. The third-order valence-corrected chi connectivity index (χ3v) is 1.20. The van der Waals surface area contributed by atoms with Crippen LogP contribution in [0.2, 0.25) is 0 Å². The number of esters is 1. The number of carbonyl (C=O) groups excluding carboxylic acids is 1. The van der Waals surface area contributed by atoms with E-state index < -0.39 is 0 Å². The molecule has 0 bridgehead atoms. The van der Waals surface area contributed by atoms with Crippen LogP contribution in [0.3, 0.4) is 0 Å². The van der Waals surface area contributed by atoms with Gasteiger partial charge in [0.05, 0.1) is 19.3 Å². The minimum atomic E-state index is -0.245. The van der Waals surface area contributed by atoms with E-state index in [2.05, 4.69) is 24.6 Å². The Balaban J connectivity index is 0.000000322. The third-order valence-electron chi connectivity index (χ3n) is 1.20. The molecule has 0 saturated carbocycles. The SMILES string of the molecule is O=C1C=CO1.OOOCCCCOOO. The van der Waals surface area contributed by atoms with Crippen molar-refractivity contribution < 1.29 is 39.9 Å². The Kier molecular flexibility index (Phi) is 10.3. The largest absolute Gasteiger partial charge is 0.431 e. The Bertz CT molecular complexity index is 172. The van der Waals surface area contributed by atoms with E-state index in [-0.39, 0.29) is 19.2 Å². The molecule has 0 amide bonds. The molecule has 88 valence electrons. The van der Waals surface area contributed by atoms with E-state index in [0.717, 1.165) is 0 Å². The van der Waals surface area contributed by atoms with Gasteiger partial charge in [0.25, 0.3) is 0 Å². The lowest BCUT2D eigenvalue weighted by Gasteiger charge is -1.97. The van der Waals surface area contributed by atoms with Gasteiger partial charge in [0.2, 0.25) is 0 Å². The lowest BCUT2D eigenvalue weighted by atomic mass is 10.3. The first-order valence-electron chi connectivity index (χ1n) is 4.04. The molecule has 0 aliphatic carbocycles. The second-order valence-corrected chi connectivity index (χ2v) is 2.24. The first kappa shape index (κ1) is 14.0. The van der Waals surface area contributed by atoms with Gasteiger partial charge in [0.15, 0.2) is 0 Å². The molecule has 0 radical (unpaired) electrons. The Morgan fingerprint density at radius 3 is 1.73 bits per heavy atom. The van der Waals surface area contributed by atoms with Crippen molar-refractivity contribution >= 4 is 5.97 Å². The maximum atomic E-state index is 9.59. The average Bonchev–Trinajstić information content (AvgIpc) is 2.21. The predicted molar refractivity (Wildman–Crippen MR) is 43.8 cm³/mol. The first-order valence-corrected chi connectivity index (χ1v) is 4.04. The van der Waals surface area contributed by atoms with Crippen LogP contribution in [0, 0.1) is 0 Å². The molecule has 2 N–H and O–H groups in total. The van der Waals surface area contributed by atoms with Crippen LogP contribution in [-0.2, 0) is 29.4 Å². The fourth-order valence-corrected chi connectivity index (χ4v) is 0.520. The van der Waals surface area contributed by atoms with Crippen molar-refractivity contribution in [2.45, 2.75) is 12.8 Å². The van der Waals surface area contributed by atoms with E-state index in [1.54, 1.807) is 0 Å². The number of hydrogen-bond acceptors (Lipinski definition) is 8. The van der Waals surface area contributed by atoms with Crippen LogP contribution >= 0.6 is 0 Å². The molecule has 1 aliphatic heterocycles. The quantitative estimate of drug-likeness (QED) is 0.281. The zero-order valence-corrected chi connectivity index (χ0v) is 7.83. The molecule has 1 rings (SSSR count). The Hall–Kier alpha value is -1.03. The standard InChI is InChI=1S/C4H10O6.C3H2O2/c5-9-7-3-1-2-4-8-10-6;4-3-1-2-5-3/h5-6H,1-4H2;1-2H. The fraction of sp³-hybridized carbons (Fsp3) is 0.571. The summed E-state index contributed by atoms with van der Waals surface area (Å²) in [4.78, 5) is 17.8. The van der Waals surface area contributed by atoms with Gasteiger partial charge in [-0.1, -0.05) is 10.1 Å². The van der Waals surface area contributed by atoms with Crippen LogP contribution in [0.1, 0.15) is 12.8 Å². The number of unbranched alkanes of at least 4 members (excludes halogenated alkanes) is 1. The molecule has 0 fully saturated rings. The van der Waals surface area contributed by atoms with Crippen LogP contribution in [0.15, 0.2) is 12.3 Å². The minimum absolute atomic E-state index is 0.245. The molecule has 0 saturated heterocycles. The highest BCUT2D eigenvalue weighted by Crippen LogP contribution is 1.91. The zero-order chi connectivity index (χ0) is 11.4. The van der Waals surface area contributed by atoms with Crippen LogP contribution in [0.5, 0.6) is 0 Å². The lowest BCUT2D eigenvalue weighted by molar-refractivity contribution is -0.495. The van der Waals surface area contributed by atoms with Gasteiger partial charge in [-0.25, -0.2) is 25.1 Å². The minimum Gasteiger partial charge on any atom is -0.431 e. The number of hydrogen-bond donors (Lipinski definition) is 2. The number of ether oxygens (including phenoxy) is 1. The summed E-state index contributed by atoms with van der Waals surface area (Å²) in [5.41, 5.74) is 0. The van der Waals surface area contributed by atoms with Crippen molar-refractivity contribution in [2.75, 3.05) is 13.2 Å². The van der Waals surface area contributed by atoms with Crippen molar-refractivity contribution in [3.63, 3.8) is 0 Å². The van der Waals surface area contributed by atoms with E-state index in [0.29, 0.717) is 12.8 Å². The third kappa shape index (κ3) is 10.9. The lowest BCUT2D eigenvalue weighted by Crippen LogP contribution is -2.01. The highest BCUT2D eigenvalue weighted by molar-refractivity contribution is 5.86. The normalized spacial score (nSPS) is 12.5. The molecule has 8 nitrogen and oxygen atoms in total. The van der Waals surface area contributed by atoms with E-state index in [4.69, 9.17) is 10.5 Å². The molecule has 0 aromatic rings. The highest BCUT2D eigenvalue weighted by Gasteiger charge is 1.99. The molecule has 0 unspecified atom stereocenters. The summed E-state index contributed by atoms with van der Waals surface area (Å²) in [5.74, 6) is -0.245.